The molecule has 1 saturated carbocycles. The number of anilines is 8. The van der Waals surface area contributed by atoms with E-state index in [4.69, 9.17) is 0 Å². The van der Waals surface area contributed by atoms with Crippen LogP contribution in [0.3, 0.4) is 0 Å². The van der Waals surface area contributed by atoms with Crippen LogP contribution in [0.4, 0.5) is 45.5 Å². The van der Waals surface area contributed by atoms with E-state index in [0.717, 1.165) is 12.1 Å². The van der Waals surface area contributed by atoms with E-state index in [1.165, 1.54) is 114 Å². The van der Waals surface area contributed by atoms with E-state index in [1.54, 1.807) is 0 Å². The van der Waals surface area contributed by atoms with Crippen molar-refractivity contribution >= 4 is 68.6 Å². The second-order valence-corrected chi connectivity index (χ2v) is 24.2. The van der Waals surface area contributed by atoms with Gasteiger partial charge < -0.3 is 14.7 Å². The Hall–Kier alpha value is -6.78. The van der Waals surface area contributed by atoms with Crippen molar-refractivity contribution in [3.05, 3.63) is 199 Å². The van der Waals surface area contributed by atoms with Crippen molar-refractivity contribution in [2.75, 3.05) is 14.7 Å². The quantitative estimate of drug-likeness (QED) is 0.159. The number of nitrogens with zero attached hydrogens (tertiary/aromatic N) is 3. The third-order valence-corrected chi connectivity index (χ3v) is 17.9. The van der Waals surface area contributed by atoms with Gasteiger partial charge in [0, 0.05) is 56.5 Å². The molecular formula is C67H68BN3. The van der Waals surface area contributed by atoms with Gasteiger partial charge in [0.15, 0.2) is 0 Å². The van der Waals surface area contributed by atoms with Crippen LogP contribution in [0.15, 0.2) is 182 Å². The van der Waals surface area contributed by atoms with Crippen LogP contribution in [0.5, 0.6) is 0 Å². The van der Waals surface area contributed by atoms with Crippen LogP contribution in [0, 0.1) is 5.41 Å². The largest absolute Gasteiger partial charge is 0.335 e. The lowest BCUT2D eigenvalue weighted by Gasteiger charge is -2.66. The van der Waals surface area contributed by atoms with E-state index >= 15 is 0 Å². The molecule has 4 heteroatoms. The molecule has 12 rings (SSSR count). The van der Waals surface area contributed by atoms with Crippen molar-refractivity contribution in [2.24, 2.45) is 5.41 Å². The fourth-order valence-corrected chi connectivity index (χ4v) is 13.5. The number of hydrogen-bond acceptors (Lipinski definition) is 3. The molecule has 0 spiro atoms. The first-order chi connectivity index (χ1) is 34.0. The molecule has 3 heterocycles. The molecule has 8 aromatic rings. The maximum Gasteiger partial charge on any atom is 0.252 e. The van der Waals surface area contributed by atoms with Crippen LogP contribution < -0.4 is 31.1 Å². The Morgan fingerprint density at radius 3 is 1.58 bits per heavy atom. The van der Waals surface area contributed by atoms with Crippen molar-refractivity contribution in [2.45, 2.75) is 117 Å². The van der Waals surface area contributed by atoms with Gasteiger partial charge in [-0.25, -0.2) is 0 Å². The van der Waals surface area contributed by atoms with E-state index in [0.29, 0.717) is 0 Å². The summed E-state index contributed by atoms with van der Waals surface area (Å²) < 4.78 is 0. The molecule has 0 amide bonds. The van der Waals surface area contributed by atoms with Gasteiger partial charge in [-0.1, -0.05) is 203 Å². The Balaban J connectivity index is 1.23. The lowest BCUT2D eigenvalue weighted by Crippen LogP contribution is -2.67. The van der Waals surface area contributed by atoms with Crippen LogP contribution in [0.1, 0.15) is 112 Å². The molecule has 0 radical (unpaired) electrons. The summed E-state index contributed by atoms with van der Waals surface area (Å²) in [5, 5.41) is 0. The summed E-state index contributed by atoms with van der Waals surface area (Å²) in [7, 11) is 0. The first kappa shape index (κ1) is 45.4. The zero-order valence-corrected chi connectivity index (χ0v) is 43.6. The van der Waals surface area contributed by atoms with Crippen LogP contribution in [-0.4, -0.2) is 12.3 Å². The molecule has 2 atom stereocenters. The number of rotatable bonds is 5. The molecule has 1 aliphatic carbocycles. The normalized spacial score (nSPS) is 19.9. The molecule has 1 fully saturated rings. The molecule has 2 unspecified atom stereocenters. The van der Waals surface area contributed by atoms with Gasteiger partial charge in [-0.05, 0) is 146 Å². The Morgan fingerprint density at radius 2 is 0.930 bits per heavy atom. The first-order valence-corrected chi connectivity index (χ1v) is 26.3. The maximum absolute atomic E-state index is 2.83. The lowest BCUT2D eigenvalue weighted by atomic mass is 9.33. The molecule has 0 saturated heterocycles. The monoisotopic (exact) mass is 926 g/mol. The minimum absolute atomic E-state index is 0.00189. The molecule has 0 bridgehead atoms. The van der Waals surface area contributed by atoms with Gasteiger partial charge in [0.25, 0.3) is 6.71 Å². The highest BCUT2D eigenvalue weighted by Gasteiger charge is 2.62. The number of fused-ring (bicyclic) bond motifs is 6. The molecule has 354 valence electrons. The smallest absolute Gasteiger partial charge is 0.252 e. The third-order valence-electron chi connectivity index (χ3n) is 17.9. The van der Waals surface area contributed by atoms with E-state index < -0.39 is 0 Å². The van der Waals surface area contributed by atoms with Gasteiger partial charge in [-0.2, -0.15) is 0 Å². The molecule has 0 N–H and O–H groups in total. The van der Waals surface area contributed by atoms with Crippen LogP contribution in [0.25, 0.3) is 22.3 Å². The van der Waals surface area contributed by atoms with Crippen LogP contribution in [0.2, 0.25) is 0 Å². The second-order valence-electron chi connectivity index (χ2n) is 24.2. The standard InChI is InChI=1S/C67H68BN3/c1-63(2,3)49-28-22-30-52(41-49)70-59-42-50(64(4,5)6)34-36-56(59)68-55-35-33-48(46-25-15-12-16-26-46)40-58(55)69(51-29-21-27-47(39-51)45-23-13-11-14-24-45)60-43-53(44-61(70)62(60)68)71-57-32-18-17-31-54(57)65(7,8)66(9)37-19-20-38-67(66,71)10/h11-18,21-36,39-44H,19-20,37-38H2,1-10H3. The summed E-state index contributed by atoms with van der Waals surface area (Å²) in [6, 6.07) is 69.8. The van der Waals surface area contributed by atoms with Crippen LogP contribution in [-0.2, 0) is 16.2 Å². The summed E-state index contributed by atoms with van der Waals surface area (Å²) >= 11 is 0. The van der Waals surface area contributed by atoms with Gasteiger partial charge in [-0.3, -0.25) is 0 Å². The SMILES string of the molecule is CC(C)(C)c1cccc(N2c3cc(C(C)(C)C)ccc3B3c4ccc(-c5ccccc5)cc4N(c4cccc(-c5ccccc5)c4)c4cc(N5c6ccccc6C(C)(C)C6(C)CCCCC56C)cc2c43)c1. The fraction of sp³-hybridized carbons (Fsp3) is 0.284. The van der Waals surface area contributed by atoms with Gasteiger partial charge >= 0.3 is 0 Å². The maximum atomic E-state index is 2.83. The van der Waals surface area contributed by atoms with Crippen molar-refractivity contribution in [1.82, 2.24) is 0 Å². The van der Waals surface area contributed by atoms with Gasteiger partial charge in [0.2, 0.25) is 0 Å². The van der Waals surface area contributed by atoms with E-state index in [1.807, 2.05) is 0 Å². The Morgan fingerprint density at radius 1 is 0.408 bits per heavy atom. The summed E-state index contributed by atoms with van der Waals surface area (Å²) in [5.41, 5.74) is 22.5. The third kappa shape index (κ3) is 6.91. The highest BCUT2D eigenvalue weighted by Crippen LogP contribution is 2.65. The number of para-hydroxylation sites is 1. The number of benzene rings is 8. The predicted octanol–water partition coefficient (Wildman–Crippen LogP) is 16.5. The summed E-state index contributed by atoms with van der Waals surface area (Å²) in [6.07, 6.45) is 4.77. The summed E-state index contributed by atoms with van der Waals surface area (Å²) in [6.45, 7) is 24.3. The molecule has 71 heavy (non-hydrogen) atoms. The van der Waals surface area contributed by atoms with Crippen LogP contribution >= 0.6 is 0 Å². The molecular weight excluding hydrogens is 858 g/mol. The highest BCUT2D eigenvalue weighted by atomic mass is 15.3. The minimum atomic E-state index is -0.169. The molecule has 0 aromatic heterocycles. The summed E-state index contributed by atoms with van der Waals surface area (Å²) in [4.78, 5) is 8.12. The molecule has 4 aliphatic rings. The zero-order chi connectivity index (χ0) is 49.2. The zero-order valence-electron chi connectivity index (χ0n) is 43.6. The van der Waals surface area contributed by atoms with Gasteiger partial charge in [-0.15, -0.1) is 0 Å². The van der Waals surface area contributed by atoms with Crippen molar-refractivity contribution in [3.8, 4) is 22.3 Å². The highest BCUT2D eigenvalue weighted by molar-refractivity contribution is 7.00. The Kier molecular flexibility index (Phi) is 10.3. The van der Waals surface area contributed by atoms with E-state index in [2.05, 4.69) is 266 Å². The minimum Gasteiger partial charge on any atom is -0.335 e. The van der Waals surface area contributed by atoms with E-state index in [9.17, 15) is 0 Å². The Labute approximate surface area is 424 Å². The fourth-order valence-electron chi connectivity index (χ4n) is 13.5. The van der Waals surface area contributed by atoms with E-state index in [-0.39, 0.29) is 33.9 Å². The first-order valence-electron chi connectivity index (χ1n) is 26.3. The van der Waals surface area contributed by atoms with Gasteiger partial charge in [0.1, 0.15) is 0 Å². The predicted molar refractivity (Wildman–Crippen MR) is 305 cm³/mol. The molecule has 3 aliphatic heterocycles. The Bertz CT molecular complexity index is 3380. The molecule has 3 nitrogen and oxygen atoms in total. The second kappa shape index (κ2) is 16.1. The van der Waals surface area contributed by atoms with Crippen molar-refractivity contribution in [1.29, 1.82) is 0 Å². The summed E-state index contributed by atoms with van der Waals surface area (Å²) in [5.74, 6) is 0. The molecule has 8 aromatic carbocycles. The lowest BCUT2D eigenvalue weighted by molar-refractivity contribution is 0.0106. The van der Waals surface area contributed by atoms with Crippen molar-refractivity contribution < 1.29 is 0 Å². The number of hydrogen-bond donors (Lipinski definition) is 0. The average molecular weight is 926 g/mol. The average Bonchev–Trinajstić information content (AvgIpc) is 3.36. The van der Waals surface area contributed by atoms with Gasteiger partial charge in [0.05, 0.1) is 0 Å². The topological polar surface area (TPSA) is 9.72 Å². The van der Waals surface area contributed by atoms with Crippen molar-refractivity contribution in [3.63, 3.8) is 0 Å².